The molecule has 0 aromatic carbocycles. The van der Waals surface area contributed by atoms with E-state index in [1.165, 1.54) is 0 Å². The zero-order valence-electron chi connectivity index (χ0n) is 9.43. The van der Waals surface area contributed by atoms with E-state index in [9.17, 15) is 4.79 Å². The van der Waals surface area contributed by atoms with E-state index in [1.54, 1.807) is 4.90 Å². The highest BCUT2D eigenvalue weighted by Crippen LogP contribution is 2.30. The molecule has 1 aliphatic rings. The minimum absolute atomic E-state index is 0.132. The van der Waals surface area contributed by atoms with Crippen molar-refractivity contribution in [1.82, 2.24) is 25.5 Å². The topological polar surface area (TPSA) is 74.8 Å². The lowest BCUT2D eigenvalue weighted by molar-refractivity contribution is 0.0752. The van der Waals surface area contributed by atoms with Gasteiger partial charge in [-0.05, 0) is 11.6 Å². The highest BCUT2D eigenvalue weighted by molar-refractivity contribution is 8.00. The average Bonchev–Trinajstić information content (AvgIpc) is 2.69. The Hall–Kier alpha value is -1.11. The van der Waals surface area contributed by atoms with Crippen molar-refractivity contribution < 1.29 is 4.79 Å². The van der Waals surface area contributed by atoms with Crippen molar-refractivity contribution >= 4 is 17.7 Å². The average molecular weight is 241 g/mol. The molecule has 1 saturated heterocycles. The number of hydrogen-bond donors (Lipinski definition) is 1. The van der Waals surface area contributed by atoms with Gasteiger partial charge in [0, 0.05) is 23.6 Å². The maximum atomic E-state index is 12.0. The van der Waals surface area contributed by atoms with Crippen LogP contribution < -0.4 is 0 Å². The molecule has 0 aliphatic carbocycles. The summed E-state index contributed by atoms with van der Waals surface area (Å²) < 4.78 is 0.242. The molecule has 1 amide bonds. The van der Waals surface area contributed by atoms with Gasteiger partial charge in [0.25, 0.3) is 11.7 Å². The summed E-state index contributed by atoms with van der Waals surface area (Å²) in [7, 11) is 0. The van der Waals surface area contributed by atoms with E-state index in [4.69, 9.17) is 0 Å². The first-order chi connectivity index (χ1) is 7.58. The first-order valence-corrected chi connectivity index (χ1v) is 6.24. The van der Waals surface area contributed by atoms with E-state index >= 15 is 0 Å². The fourth-order valence-electron chi connectivity index (χ4n) is 1.62. The Labute approximate surface area is 98.2 Å². The van der Waals surface area contributed by atoms with E-state index in [0.717, 1.165) is 25.3 Å². The molecule has 1 aromatic heterocycles. The van der Waals surface area contributed by atoms with Gasteiger partial charge in [-0.15, -0.1) is 10.2 Å². The van der Waals surface area contributed by atoms with Crippen LogP contribution in [0.1, 0.15) is 30.9 Å². The number of thioether (sulfide) groups is 1. The van der Waals surface area contributed by atoms with Gasteiger partial charge in [0.1, 0.15) is 0 Å². The number of aromatic nitrogens is 4. The highest BCUT2D eigenvalue weighted by Gasteiger charge is 2.27. The molecular weight excluding hydrogens is 226 g/mol. The molecule has 0 bridgehead atoms. The van der Waals surface area contributed by atoms with Crippen LogP contribution in [-0.2, 0) is 0 Å². The van der Waals surface area contributed by atoms with Crippen LogP contribution >= 0.6 is 11.8 Å². The van der Waals surface area contributed by atoms with Crippen LogP contribution in [0.4, 0.5) is 0 Å². The van der Waals surface area contributed by atoms with Gasteiger partial charge in [0.05, 0.1) is 0 Å². The van der Waals surface area contributed by atoms with Crippen molar-refractivity contribution in [2.24, 2.45) is 0 Å². The standard InChI is InChI=1S/C9H15N5OS/c1-9(2)3-4-14(5-6-16-9)8(15)7-10-12-13-11-7/h3-6H2,1-2H3,(H,10,11,12,13). The molecule has 1 aromatic rings. The molecule has 0 atom stereocenters. The van der Waals surface area contributed by atoms with Crippen LogP contribution in [0.25, 0.3) is 0 Å². The van der Waals surface area contributed by atoms with Gasteiger partial charge in [0.15, 0.2) is 0 Å². The van der Waals surface area contributed by atoms with Gasteiger partial charge in [-0.3, -0.25) is 4.79 Å². The Kier molecular flexibility index (Phi) is 3.13. The molecule has 6 nitrogen and oxygen atoms in total. The van der Waals surface area contributed by atoms with E-state index in [-0.39, 0.29) is 16.5 Å². The first kappa shape index (κ1) is 11.4. The predicted molar refractivity (Wildman–Crippen MR) is 61.2 cm³/mol. The summed E-state index contributed by atoms with van der Waals surface area (Å²) in [5, 5.41) is 13.1. The number of tetrazole rings is 1. The molecule has 88 valence electrons. The Morgan fingerprint density at radius 3 is 3.00 bits per heavy atom. The van der Waals surface area contributed by atoms with Gasteiger partial charge in [0.2, 0.25) is 0 Å². The number of H-pyrrole nitrogens is 1. The van der Waals surface area contributed by atoms with Crippen LogP contribution in [0.15, 0.2) is 0 Å². The number of carbonyl (C=O) groups is 1. The molecule has 0 radical (unpaired) electrons. The van der Waals surface area contributed by atoms with Crippen molar-refractivity contribution in [3.8, 4) is 0 Å². The fraction of sp³-hybridized carbons (Fsp3) is 0.778. The molecular formula is C9H15N5OS. The summed E-state index contributed by atoms with van der Waals surface area (Å²) in [6.45, 7) is 5.93. The minimum atomic E-state index is -0.132. The number of aromatic amines is 1. The zero-order valence-corrected chi connectivity index (χ0v) is 10.3. The summed E-state index contributed by atoms with van der Waals surface area (Å²) in [5.41, 5.74) is 0. The second kappa shape index (κ2) is 4.40. The van der Waals surface area contributed by atoms with Crippen LogP contribution in [0.2, 0.25) is 0 Å². The van der Waals surface area contributed by atoms with Gasteiger partial charge >= 0.3 is 0 Å². The maximum absolute atomic E-state index is 12.0. The lowest BCUT2D eigenvalue weighted by atomic mass is 10.1. The van der Waals surface area contributed by atoms with E-state index in [1.807, 2.05) is 11.8 Å². The van der Waals surface area contributed by atoms with Crippen molar-refractivity contribution in [3.63, 3.8) is 0 Å². The summed E-state index contributed by atoms with van der Waals surface area (Å²) in [4.78, 5) is 13.8. The van der Waals surface area contributed by atoms with Gasteiger partial charge < -0.3 is 4.90 Å². The lowest BCUT2D eigenvalue weighted by Gasteiger charge is -2.21. The minimum Gasteiger partial charge on any atom is -0.335 e. The summed E-state index contributed by atoms with van der Waals surface area (Å²) >= 11 is 1.90. The van der Waals surface area contributed by atoms with Crippen molar-refractivity contribution in [2.75, 3.05) is 18.8 Å². The molecule has 0 spiro atoms. The zero-order chi connectivity index (χ0) is 11.6. The summed E-state index contributed by atoms with van der Waals surface area (Å²) in [5.74, 6) is 0.980. The van der Waals surface area contributed by atoms with E-state index in [0.29, 0.717) is 0 Å². The van der Waals surface area contributed by atoms with Crippen LogP contribution in [0.5, 0.6) is 0 Å². The Bertz CT molecular complexity index is 364. The predicted octanol–water partition coefficient (Wildman–Crippen LogP) is 0.557. The van der Waals surface area contributed by atoms with Crippen LogP contribution in [0, 0.1) is 0 Å². The molecule has 7 heteroatoms. The Balaban J connectivity index is 2.03. The maximum Gasteiger partial charge on any atom is 0.295 e. The number of nitrogens with one attached hydrogen (secondary N) is 1. The highest BCUT2D eigenvalue weighted by atomic mass is 32.2. The molecule has 2 heterocycles. The second-order valence-electron chi connectivity index (χ2n) is 4.39. The summed E-state index contributed by atoms with van der Waals surface area (Å²) in [6, 6.07) is 0. The monoisotopic (exact) mass is 241 g/mol. The first-order valence-electron chi connectivity index (χ1n) is 5.25. The largest absolute Gasteiger partial charge is 0.335 e. The number of nitrogens with zero attached hydrogens (tertiary/aromatic N) is 4. The molecule has 16 heavy (non-hydrogen) atoms. The summed E-state index contributed by atoms with van der Waals surface area (Å²) in [6.07, 6.45) is 0.987. The van der Waals surface area contributed by atoms with Gasteiger partial charge in [-0.1, -0.05) is 13.8 Å². The number of hydrogen-bond acceptors (Lipinski definition) is 5. The smallest absolute Gasteiger partial charge is 0.295 e. The quantitative estimate of drug-likeness (QED) is 0.777. The number of carbonyl (C=O) groups excluding carboxylic acids is 1. The third kappa shape index (κ3) is 2.52. The SMILES string of the molecule is CC1(C)CCN(C(=O)c2nn[nH]n2)CCS1. The van der Waals surface area contributed by atoms with Crippen molar-refractivity contribution in [2.45, 2.75) is 25.0 Å². The Morgan fingerprint density at radius 2 is 2.31 bits per heavy atom. The normalized spacial score (nSPS) is 20.5. The van der Waals surface area contributed by atoms with Gasteiger partial charge in [-0.25, -0.2) is 0 Å². The third-order valence-corrected chi connectivity index (χ3v) is 4.03. The molecule has 1 fully saturated rings. The molecule has 0 unspecified atom stereocenters. The molecule has 1 aliphatic heterocycles. The number of rotatable bonds is 1. The van der Waals surface area contributed by atoms with Crippen LogP contribution in [-0.4, -0.2) is 55.0 Å². The van der Waals surface area contributed by atoms with Gasteiger partial charge in [-0.2, -0.15) is 17.0 Å². The lowest BCUT2D eigenvalue weighted by Crippen LogP contribution is -2.34. The van der Waals surface area contributed by atoms with Crippen molar-refractivity contribution in [1.29, 1.82) is 0 Å². The van der Waals surface area contributed by atoms with Crippen LogP contribution in [0.3, 0.4) is 0 Å². The molecule has 1 N–H and O–H groups in total. The number of amides is 1. The molecule has 0 saturated carbocycles. The molecule has 2 rings (SSSR count). The second-order valence-corrected chi connectivity index (χ2v) is 6.19. The Morgan fingerprint density at radius 1 is 1.50 bits per heavy atom. The third-order valence-electron chi connectivity index (χ3n) is 2.66. The van der Waals surface area contributed by atoms with E-state index < -0.39 is 0 Å². The van der Waals surface area contributed by atoms with E-state index in [2.05, 4.69) is 34.5 Å². The van der Waals surface area contributed by atoms with Crippen molar-refractivity contribution in [3.05, 3.63) is 5.82 Å². The fourth-order valence-corrected chi connectivity index (χ4v) is 2.72.